The van der Waals surface area contributed by atoms with Gasteiger partial charge >= 0.3 is 11.9 Å². The fraction of sp³-hybridized carbons (Fsp3) is 0.150. The quantitative estimate of drug-likeness (QED) is 0.104. The Bertz CT molecular complexity index is 2230. The number of hydrogen-bond acceptors (Lipinski definition) is 8. The zero-order valence-electron chi connectivity index (χ0n) is 29.2. The van der Waals surface area contributed by atoms with Crippen molar-refractivity contribution in [1.29, 1.82) is 0 Å². The first-order chi connectivity index (χ1) is 26.3. The van der Waals surface area contributed by atoms with Crippen LogP contribution in [0, 0.1) is 0 Å². The highest BCUT2D eigenvalue weighted by Gasteiger charge is 2.49. The van der Waals surface area contributed by atoms with E-state index in [-0.39, 0.29) is 11.1 Å². The smallest absolute Gasteiger partial charge is 0.322 e. The number of carbonyl (C=O) groups is 6. The van der Waals surface area contributed by atoms with Crippen LogP contribution in [0.4, 0.5) is 0 Å². The Morgan fingerprint density at radius 2 is 0.839 bits per heavy atom. The lowest BCUT2D eigenvalue weighted by Crippen LogP contribution is -2.44. The molecule has 6 rings (SSSR count). The fourth-order valence-corrected chi connectivity index (χ4v) is 7.17. The number of benzene rings is 4. The minimum absolute atomic E-state index is 0.227. The molecule has 0 aliphatic heterocycles. The van der Waals surface area contributed by atoms with Crippen LogP contribution in [0.15, 0.2) is 96.1 Å². The maximum atomic E-state index is 13.4. The van der Waals surface area contributed by atoms with Crippen molar-refractivity contribution in [2.75, 3.05) is 13.1 Å². The van der Waals surface area contributed by atoms with Crippen LogP contribution in [0.5, 0.6) is 0 Å². The van der Waals surface area contributed by atoms with E-state index in [1.165, 1.54) is 12.1 Å². The molecule has 56 heavy (non-hydrogen) atoms. The second kappa shape index (κ2) is 16.2. The van der Waals surface area contributed by atoms with Crippen molar-refractivity contribution < 1.29 is 49.2 Å². The molecule has 0 saturated heterocycles. The number of halogens is 4. The van der Waals surface area contributed by atoms with Crippen LogP contribution in [0.2, 0.25) is 20.1 Å². The van der Waals surface area contributed by atoms with Gasteiger partial charge in [-0.2, -0.15) is 0 Å². The molecule has 0 radical (unpaired) electrons. The second-order valence-electron chi connectivity index (χ2n) is 12.9. The van der Waals surface area contributed by atoms with Crippen molar-refractivity contribution in [1.82, 2.24) is 10.6 Å². The highest BCUT2D eigenvalue weighted by molar-refractivity contribution is 6.34. The van der Waals surface area contributed by atoms with Crippen molar-refractivity contribution >= 4 is 93.2 Å². The topological polar surface area (TPSA) is 207 Å². The van der Waals surface area contributed by atoms with Crippen LogP contribution < -0.4 is 10.6 Å². The van der Waals surface area contributed by atoms with Gasteiger partial charge in [-0.25, -0.2) is 0 Å². The number of Topliss-reactive ketones (excluding diaryl/α,β-unsaturated/α-hetero) is 2. The van der Waals surface area contributed by atoms with Gasteiger partial charge in [0.05, 0.1) is 10.8 Å². The lowest BCUT2D eigenvalue weighted by atomic mass is 9.66. The van der Waals surface area contributed by atoms with Crippen LogP contribution in [0.25, 0.3) is 11.5 Å². The Morgan fingerprint density at radius 1 is 0.536 bits per heavy atom. The maximum absolute atomic E-state index is 13.4. The van der Waals surface area contributed by atoms with Gasteiger partial charge < -0.3 is 31.1 Å². The van der Waals surface area contributed by atoms with Gasteiger partial charge in [0.15, 0.2) is 11.6 Å². The molecule has 0 bridgehead atoms. The number of aliphatic hydroxyl groups excluding tert-OH is 2. The average molecular weight is 840 g/mol. The molecule has 0 unspecified atom stereocenters. The van der Waals surface area contributed by atoms with Crippen molar-refractivity contribution in [3.63, 3.8) is 0 Å². The number of fused-ring (bicyclic) bond motifs is 2. The van der Waals surface area contributed by atoms with Gasteiger partial charge in [-0.3, -0.25) is 28.8 Å². The summed E-state index contributed by atoms with van der Waals surface area (Å²) < 4.78 is 0. The Morgan fingerprint density at radius 3 is 1.14 bits per heavy atom. The van der Waals surface area contributed by atoms with Gasteiger partial charge in [0.25, 0.3) is 11.8 Å². The van der Waals surface area contributed by atoms with Crippen LogP contribution in [0.1, 0.15) is 47.2 Å². The minimum atomic E-state index is -1.31. The fourth-order valence-electron chi connectivity index (χ4n) is 6.58. The zero-order chi connectivity index (χ0) is 41.3. The maximum Gasteiger partial charge on any atom is 0.322 e. The first kappa shape index (κ1) is 41.5. The molecule has 0 saturated carbocycles. The predicted molar refractivity (Wildman–Crippen MR) is 209 cm³/mol. The van der Waals surface area contributed by atoms with Crippen molar-refractivity contribution in [2.45, 2.75) is 24.7 Å². The second-order valence-corrected chi connectivity index (χ2v) is 14.6. The number of carboxylic acid groups (broad SMARTS) is 2. The van der Waals surface area contributed by atoms with Crippen molar-refractivity contribution in [2.24, 2.45) is 0 Å². The van der Waals surface area contributed by atoms with Crippen LogP contribution in [-0.4, -0.2) is 68.8 Å². The molecular formula is C40H30Cl4N2O10. The van der Waals surface area contributed by atoms with Crippen LogP contribution in [-0.2, 0) is 39.6 Å². The third-order valence-corrected chi connectivity index (χ3v) is 10.5. The third-order valence-electron chi connectivity index (χ3n) is 9.48. The first-order valence-electron chi connectivity index (χ1n) is 16.4. The minimum Gasteiger partial charge on any atom is -0.506 e. The summed E-state index contributed by atoms with van der Waals surface area (Å²) in [5.74, 6) is -6.92. The van der Waals surface area contributed by atoms with Gasteiger partial charge in [-0.05, 0) is 84.6 Å². The molecule has 12 nitrogen and oxygen atoms in total. The molecule has 0 fully saturated rings. The zero-order valence-corrected chi connectivity index (χ0v) is 32.3. The van der Waals surface area contributed by atoms with Crippen molar-refractivity contribution in [3.8, 4) is 0 Å². The standard InChI is InChI=1S/2C20H15Cl2NO5/c2*1-20(10-2-4-11(21)5-3-10)14-7-6-12(22)8-13(14)17(26)16(18(20)27)19(28)23-9-15(24)25/h2*2-8,26H,9H2,1H3,(H,23,28)(H,24,25)/t2*20-/m10/s1. The molecule has 2 amide bonds. The largest absolute Gasteiger partial charge is 0.506 e. The summed E-state index contributed by atoms with van der Waals surface area (Å²) in [6, 6.07) is 22.4. The van der Waals surface area contributed by atoms with Gasteiger partial charge in [-0.15, -0.1) is 0 Å². The highest BCUT2D eigenvalue weighted by atomic mass is 35.5. The number of aliphatic hydroxyl groups is 2. The Balaban J connectivity index is 0.000000214. The van der Waals surface area contributed by atoms with E-state index in [9.17, 15) is 39.0 Å². The molecule has 4 aromatic rings. The van der Waals surface area contributed by atoms with E-state index in [1.807, 2.05) is 0 Å². The number of carbonyl (C=O) groups excluding carboxylic acids is 4. The van der Waals surface area contributed by atoms with E-state index in [0.29, 0.717) is 42.3 Å². The molecule has 2 aliphatic rings. The van der Waals surface area contributed by atoms with Crippen LogP contribution >= 0.6 is 46.4 Å². The Kier molecular flexibility index (Phi) is 12.0. The molecular weight excluding hydrogens is 810 g/mol. The number of rotatable bonds is 8. The summed E-state index contributed by atoms with van der Waals surface area (Å²) in [6.07, 6.45) is 0. The SMILES string of the molecule is C[C@@]1(c2ccc(Cl)cc2)C(=O)C(C(=O)NCC(=O)O)=C(O)c2cc(Cl)ccc21.C[C@]1(c2ccc(Cl)cc2)C(=O)C(C(=O)NCC(=O)O)=C(O)c2cc(Cl)ccc21. The molecule has 6 N–H and O–H groups in total. The van der Waals surface area contributed by atoms with E-state index in [4.69, 9.17) is 56.6 Å². The molecule has 2 aliphatic carbocycles. The third kappa shape index (κ3) is 7.74. The lowest BCUT2D eigenvalue weighted by molar-refractivity contribution is -0.138. The number of amides is 2. The molecule has 0 heterocycles. The van der Waals surface area contributed by atoms with E-state index in [0.717, 1.165) is 0 Å². The summed E-state index contributed by atoms with van der Waals surface area (Å²) >= 11 is 24.0. The molecule has 16 heteroatoms. The van der Waals surface area contributed by atoms with Gasteiger partial charge in [-0.1, -0.05) is 82.8 Å². The molecule has 288 valence electrons. The molecule has 0 aromatic heterocycles. The van der Waals surface area contributed by atoms with Gasteiger partial charge in [0.1, 0.15) is 35.8 Å². The highest BCUT2D eigenvalue weighted by Crippen LogP contribution is 2.46. The van der Waals surface area contributed by atoms with E-state index in [2.05, 4.69) is 10.6 Å². The predicted octanol–water partition coefficient (Wildman–Crippen LogP) is 6.70. The number of nitrogens with one attached hydrogen (secondary N) is 2. The number of aliphatic carboxylic acids is 2. The number of carboxylic acids is 2. The summed E-state index contributed by atoms with van der Waals surface area (Å²) in [5, 5.41) is 44.7. The summed E-state index contributed by atoms with van der Waals surface area (Å²) in [7, 11) is 0. The lowest BCUT2D eigenvalue weighted by Gasteiger charge is -2.35. The monoisotopic (exact) mass is 838 g/mol. The Labute approximate surface area is 339 Å². The van der Waals surface area contributed by atoms with E-state index in [1.54, 1.807) is 86.6 Å². The van der Waals surface area contributed by atoms with Crippen LogP contribution in [0.3, 0.4) is 0 Å². The number of hydrogen-bond donors (Lipinski definition) is 6. The first-order valence-corrected chi connectivity index (χ1v) is 17.9. The average Bonchev–Trinajstić information content (AvgIpc) is 3.15. The Hall–Kier alpha value is -5.66. The van der Waals surface area contributed by atoms with Crippen molar-refractivity contribution in [3.05, 3.63) is 150 Å². The van der Waals surface area contributed by atoms with Gasteiger partial charge in [0, 0.05) is 31.2 Å². The van der Waals surface area contributed by atoms with E-state index < -0.39 is 81.9 Å². The summed E-state index contributed by atoms with van der Waals surface area (Å²) in [4.78, 5) is 73.3. The molecule has 0 spiro atoms. The normalized spacial score (nSPS) is 18.6. The molecule has 4 aromatic carbocycles. The van der Waals surface area contributed by atoms with Gasteiger partial charge in [0.2, 0.25) is 0 Å². The van der Waals surface area contributed by atoms with E-state index >= 15 is 0 Å². The molecule has 2 atom stereocenters. The number of ketones is 2. The summed E-state index contributed by atoms with van der Waals surface area (Å²) in [5.41, 5.74) is -1.16. The summed E-state index contributed by atoms with van der Waals surface area (Å²) in [6.45, 7) is 1.87.